The van der Waals surface area contributed by atoms with Crippen molar-refractivity contribution in [3.63, 3.8) is 0 Å². The summed E-state index contributed by atoms with van der Waals surface area (Å²) in [6.45, 7) is 7.28. The number of rotatable bonds is 5. The van der Waals surface area contributed by atoms with E-state index >= 15 is 0 Å². The van der Waals surface area contributed by atoms with E-state index in [9.17, 15) is 0 Å². The van der Waals surface area contributed by atoms with Gasteiger partial charge in [-0.3, -0.25) is 4.99 Å². The van der Waals surface area contributed by atoms with Crippen molar-refractivity contribution in [1.29, 1.82) is 0 Å². The van der Waals surface area contributed by atoms with E-state index in [0.29, 0.717) is 0 Å². The molecule has 2 heterocycles. The second-order valence-corrected chi connectivity index (χ2v) is 6.56. The second kappa shape index (κ2) is 6.49. The quantitative estimate of drug-likeness (QED) is 0.842. The van der Waals surface area contributed by atoms with Crippen molar-refractivity contribution in [2.24, 2.45) is 4.99 Å². The van der Waals surface area contributed by atoms with Crippen molar-refractivity contribution in [2.45, 2.75) is 52.0 Å². The van der Waals surface area contributed by atoms with Crippen LogP contribution in [0.25, 0.3) is 0 Å². The van der Waals surface area contributed by atoms with E-state index < -0.39 is 0 Å². The summed E-state index contributed by atoms with van der Waals surface area (Å²) in [6.07, 6.45) is 7.30. The van der Waals surface area contributed by atoms with Gasteiger partial charge in [0, 0.05) is 18.5 Å². The summed E-state index contributed by atoms with van der Waals surface area (Å²) in [4.78, 5) is 4.60. The van der Waals surface area contributed by atoms with Crippen molar-refractivity contribution in [3.8, 4) is 0 Å². The highest BCUT2D eigenvalue weighted by atomic mass is 15.3. The third-order valence-electron chi connectivity index (χ3n) is 4.47. The first-order chi connectivity index (χ1) is 11.1. The van der Waals surface area contributed by atoms with Crippen LogP contribution >= 0.6 is 0 Å². The Morgan fingerprint density at radius 1 is 1.09 bits per heavy atom. The van der Waals surface area contributed by atoms with E-state index in [-0.39, 0.29) is 5.41 Å². The lowest BCUT2D eigenvalue weighted by atomic mass is 9.86. The second-order valence-electron chi connectivity index (χ2n) is 6.56. The molecule has 3 rings (SSSR count). The molecule has 1 aliphatic heterocycles. The monoisotopic (exact) mass is 308 g/mol. The normalized spacial score (nSPS) is 14.8. The molecule has 4 heteroatoms. The maximum Gasteiger partial charge on any atom is 0.144 e. The lowest BCUT2D eigenvalue weighted by Gasteiger charge is -2.26. The van der Waals surface area contributed by atoms with Crippen LogP contribution in [0.5, 0.6) is 0 Å². The third kappa shape index (κ3) is 3.26. The van der Waals surface area contributed by atoms with Gasteiger partial charge in [-0.2, -0.15) is 0 Å². The number of nitrogens with zero attached hydrogens (tertiary/aromatic N) is 4. The SMILES string of the molecule is Cc1nnc(C(C)(C)C2=CCCC=N2)n1CCc1ccccc1. The Balaban J connectivity index is 1.86. The van der Waals surface area contributed by atoms with E-state index in [1.165, 1.54) is 5.56 Å². The lowest BCUT2D eigenvalue weighted by Crippen LogP contribution is -2.26. The molecule has 23 heavy (non-hydrogen) atoms. The van der Waals surface area contributed by atoms with Gasteiger partial charge in [0.15, 0.2) is 0 Å². The largest absolute Gasteiger partial charge is 0.314 e. The van der Waals surface area contributed by atoms with Crippen LogP contribution in [-0.2, 0) is 18.4 Å². The van der Waals surface area contributed by atoms with Gasteiger partial charge in [-0.1, -0.05) is 36.4 Å². The number of aryl methyl sites for hydroxylation is 2. The Bertz CT molecular complexity index is 723. The average molecular weight is 308 g/mol. The highest BCUT2D eigenvalue weighted by Crippen LogP contribution is 2.33. The Hall–Kier alpha value is -2.23. The van der Waals surface area contributed by atoms with Crippen LogP contribution in [0.1, 0.15) is 43.9 Å². The summed E-state index contributed by atoms with van der Waals surface area (Å²) in [5.74, 6) is 1.96. The Kier molecular flexibility index (Phi) is 4.42. The standard InChI is InChI=1S/C19H24N4/c1-15-21-22-18(19(2,3)17-11-7-8-13-20-17)23(15)14-12-16-9-5-4-6-10-16/h4-6,9-11,13H,7-8,12,14H2,1-3H3. The molecule has 4 nitrogen and oxygen atoms in total. The van der Waals surface area contributed by atoms with Crippen molar-refractivity contribution < 1.29 is 0 Å². The van der Waals surface area contributed by atoms with Crippen molar-refractivity contribution in [1.82, 2.24) is 14.8 Å². The molecule has 0 unspecified atom stereocenters. The van der Waals surface area contributed by atoms with E-state index in [0.717, 1.165) is 43.2 Å². The molecule has 0 aliphatic carbocycles. The molecule has 0 spiro atoms. The van der Waals surface area contributed by atoms with Crippen LogP contribution in [0.3, 0.4) is 0 Å². The summed E-state index contributed by atoms with van der Waals surface area (Å²) in [6, 6.07) is 10.5. The lowest BCUT2D eigenvalue weighted by molar-refractivity contribution is 0.508. The van der Waals surface area contributed by atoms with E-state index in [4.69, 9.17) is 0 Å². The smallest absolute Gasteiger partial charge is 0.144 e. The molecule has 0 fully saturated rings. The minimum atomic E-state index is -0.227. The van der Waals surface area contributed by atoms with Gasteiger partial charge in [0.25, 0.3) is 0 Å². The molecule has 0 radical (unpaired) electrons. The molecule has 1 aromatic heterocycles. The molecule has 1 aromatic carbocycles. The zero-order valence-electron chi connectivity index (χ0n) is 14.2. The molecule has 0 atom stereocenters. The van der Waals surface area contributed by atoms with Crippen LogP contribution < -0.4 is 0 Å². The first-order valence-electron chi connectivity index (χ1n) is 8.26. The van der Waals surface area contributed by atoms with Crippen LogP contribution in [0, 0.1) is 6.92 Å². The Labute approximate surface area is 138 Å². The zero-order valence-corrected chi connectivity index (χ0v) is 14.2. The van der Waals surface area contributed by atoms with Gasteiger partial charge < -0.3 is 4.57 Å². The summed E-state index contributed by atoms with van der Waals surface area (Å²) in [5, 5.41) is 8.80. The molecule has 0 saturated heterocycles. The van der Waals surface area contributed by atoms with E-state index in [1.807, 2.05) is 13.1 Å². The summed E-state index contributed by atoms with van der Waals surface area (Å²) < 4.78 is 2.23. The first kappa shape index (κ1) is 15.7. The van der Waals surface area contributed by atoms with E-state index in [2.05, 4.69) is 70.0 Å². The van der Waals surface area contributed by atoms with Gasteiger partial charge in [0.2, 0.25) is 0 Å². The fourth-order valence-electron chi connectivity index (χ4n) is 3.04. The first-order valence-corrected chi connectivity index (χ1v) is 8.26. The fraction of sp³-hybridized carbons (Fsp3) is 0.421. The van der Waals surface area contributed by atoms with Crippen LogP contribution in [0.4, 0.5) is 0 Å². The molecule has 120 valence electrons. The Morgan fingerprint density at radius 3 is 2.57 bits per heavy atom. The number of hydrogen-bond donors (Lipinski definition) is 0. The topological polar surface area (TPSA) is 43.1 Å². The average Bonchev–Trinajstić information content (AvgIpc) is 2.96. The van der Waals surface area contributed by atoms with Gasteiger partial charge in [-0.25, -0.2) is 0 Å². The highest BCUT2D eigenvalue weighted by molar-refractivity contribution is 5.61. The van der Waals surface area contributed by atoms with Crippen LogP contribution in [0.2, 0.25) is 0 Å². The highest BCUT2D eigenvalue weighted by Gasteiger charge is 2.32. The zero-order chi connectivity index (χ0) is 16.3. The predicted molar refractivity (Wildman–Crippen MR) is 93.7 cm³/mol. The molecule has 0 saturated carbocycles. The van der Waals surface area contributed by atoms with Gasteiger partial charge in [0.05, 0.1) is 5.41 Å². The van der Waals surface area contributed by atoms with Crippen molar-refractivity contribution in [3.05, 3.63) is 59.3 Å². The van der Waals surface area contributed by atoms with Gasteiger partial charge >= 0.3 is 0 Å². The molecule has 0 N–H and O–H groups in total. The summed E-state index contributed by atoms with van der Waals surface area (Å²) in [5.41, 5.74) is 2.20. The molecule has 0 amide bonds. The number of aromatic nitrogens is 3. The molecule has 2 aromatic rings. The minimum absolute atomic E-state index is 0.227. The maximum absolute atomic E-state index is 4.60. The van der Waals surface area contributed by atoms with Crippen molar-refractivity contribution in [2.75, 3.05) is 0 Å². The van der Waals surface area contributed by atoms with Gasteiger partial charge in [-0.15, -0.1) is 10.2 Å². The summed E-state index contributed by atoms with van der Waals surface area (Å²) in [7, 11) is 0. The van der Waals surface area contributed by atoms with Crippen LogP contribution in [0.15, 0.2) is 47.1 Å². The van der Waals surface area contributed by atoms with Crippen LogP contribution in [-0.4, -0.2) is 21.0 Å². The van der Waals surface area contributed by atoms with Gasteiger partial charge in [0.1, 0.15) is 11.6 Å². The van der Waals surface area contributed by atoms with Gasteiger partial charge in [-0.05, 0) is 45.6 Å². The number of benzene rings is 1. The Morgan fingerprint density at radius 2 is 1.87 bits per heavy atom. The molecule has 1 aliphatic rings. The number of allylic oxidation sites excluding steroid dienone is 2. The predicted octanol–water partition coefficient (Wildman–Crippen LogP) is 3.86. The van der Waals surface area contributed by atoms with Crippen molar-refractivity contribution >= 4 is 6.21 Å². The molecular weight excluding hydrogens is 284 g/mol. The van der Waals surface area contributed by atoms with E-state index in [1.54, 1.807) is 0 Å². The minimum Gasteiger partial charge on any atom is -0.314 e. The number of aliphatic imine (C=N–C) groups is 1. The number of hydrogen-bond acceptors (Lipinski definition) is 3. The maximum atomic E-state index is 4.60. The molecule has 0 bridgehead atoms. The molecular formula is C19H24N4. The third-order valence-corrected chi connectivity index (χ3v) is 4.47. The summed E-state index contributed by atoms with van der Waals surface area (Å²) >= 11 is 0. The fourth-order valence-corrected chi connectivity index (χ4v) is 3.04.